The van der Waals surface area contributed by atoms with Crippen molar-refractivity contribution in [2.24, 2.45) is 0 Å². The van der Waals surface area contributed by atoms with E-state index in [0.717, 1.165) is 11.1 Å². The van der Waals surface area contributed by atoms with E-state index in [-0.39, 0.29) is 12.4 Å². The number of nitrogens with one attached hydrogen (secondary N) is 2. The predicted octanol–water partition coefficient (Wildman–Crippen LogP) is 5.08. The van der Waals surface area contributed by atoms with Crippen LogP contribution in [0, 0.1) is 10.6 Å². The Hall–Kier alpha value is -3.65. The fourth-order valence-corrected chi connectivity index (χ4v) is 3.38. The molecule has 3 aromatic carbocycles. The predicted molar refractivity (Wildman–Crippen MR) is 120 cm³/mol. The van der Waals surface area contributed by atoms with Crippen molar-refractivity contribution in [1.29, 1.82) is 0 Å². The van der Waals surface area contributed by atoms with E-state index in [4.69, 9.17) is 21.7 Å². The lowest BCUT2D eigenvalue weighted by atomic mass is 10.2. The number of aromatic nitrogens is 3. The normalized spacial score (nSPS) is 10.6. The second-order valence-corrected chi connectivity index (χ2v) is 7.10. The molecule has 158 valence electrons. The number of hydrogen-bond donors (Lipinski definition) is 2. The number of hydrogen-bond acceptors (Lipinski definition) is 5. The minimum Gasteiger partial charge on any atom is -0.496 e. The summed E-state index contributed by atoms with van der Waals surface area (Å²) in [5.74, 6) is 1.66. The van der Waals surface area contributed by atoms with Crippen molar-refractivity contribution >= 4 is 12.2 Å². The van der Waals surface area contributed by atoms with Crippen LogP contribution in [0.4, 0.5) is 4.39 Å². The van der Waals surface area contributed by atoms with E-state index in [1.54, 1.807) is 30.0 Å². The molecule has 0 unspecified atom stereocenters. The van der Waals surface area contributed by atoms with Gasteiger partial charge in [0.1, 0.15) is 23.9 Å². The van der Waals surface area contributed by atoms with E-state index < -0.39 is 0 Å². The Kier molecular flexibility index (Phi) is 6.28. The molecule has 1 aromatic heterocycles. The maximum Gasteiger partial charge on any atom is 0.214 e. The summed E-state index contributed by atoms with van der Waals surface area (Å²) in [5.41, 5.74) is 5.48. The van der Waals surface area contributed by atoms with Crippen LogP contribution in [0.5, 0.6) is 11.5 Å². The lowest BCUT2D eigenvalue weighted by molar-refractivity contribution is 0.297. The van der Waals surface area contributed by atoms with Crippen LogP contribution in [0.3, 0.4) is 0 Å². The summed E-state index contributed by atoms with van der Waals surface area (Å²) < 4.78 is 27.4. The molecule has 4 rings (SSSR count). The number of ether oxygens (including phenoxy) is 2. The maximum absolute atomic E-state index is 13.9. The molecular weight excluding hydrogens is 415 g/mol. The summed E-state index contributed by atoms with van der Waals surface area (Å²) in [6.45, 7) is 0.560. The van der Waals surface area contributed by atoms with Gasteiger partial charge in [-0.1, -0.05) is 48.5 Å². The third kappa shape index (κ3) is 4.59. The number of methoxy groups -OCH3 is 1. The summed E-state index contributed by atoms with van der Waals surface area (Å²) in [6.07, 6.45) is 0. The largest absolute Gasteiger partial charge is 0.496 e. The van der Waals surface area contributed by atoms with E-state index >= 15 is 0 Å². The Bertz CT molecular complexity index is 1240. The van der Waals surface area contributed by atoms with Crippen LogP contribution in [0.15, 0.2) is 72.8 Å². The van der Waals surface area contributed by atoms with Gasteiger partial charge < -0.3 is 14.9 Å². The standard InChI is InChI=1S/C23H21FN4O2S/c1-29-21-13-7-4-10-18(21)22-26-27-23(31)28(22)25-14-16-8-3-6-12-20(16)30-15-17-9-2-5-11-19(17)24/h2-13,25H,14-15H2,1H3,(H,27,31). The number of nitrogens with zero attached hydrogens (tertiary/aromatic N) is 2. The number of benzene rings is 3. The first-order valence-corrected chi connectivity index (χ1v) is 10.1. The van der Waals surface area contributed by atoms with Crippen molar-refractivity contribution in [3.05, 3.63) is 94.5 Å². The van der Waals surface area contributed by atoms with E-state index in [9.17, 15) is 4.39 Å². The molecule has 0 saturated carbocycles. The second-order valence-electron chi connectivity index (χ2n) is 6.71. The molecule has 8 heteroatoms. The van der Waals surface area contributed by atoms with Gasteiger partial charge in [-0.05, 0) is 36.5 Å². The Labute approximate surface area is 184 Å². The molecular formula is C23H21FN4O2S. The molecule has 0 amide bonds. The summed E-state index contributed by atoms with van der Waals surface area (Å²) in [7, 11) is 1.61. The van der Waals surface area contributed by atoms with E-state index in [1.807, 2.05) is 48.5 Å². The molecule has 0 aliphatic carbocycles. The molecule has 4 aromatic rings. The average Bonchev–Trinajstić information content (AvgIpc) is 3.17. The monoisotopic (exact) mass is 436 g/mol. The minimum absolute atomic E-state index is 0.140. The zero-order chi connectivity index (χ0) is 21.6. The molecule has 0 radical (unpaired) electrons. The van der Waals surface area contributed by atoms with Gasteiger partial charge in [-0.25, -0.2) is 14.2 Å². The third-order valence-corrected chi connectivity index (χ3v) is 5.04. The molecule has 2 N–H and O–H groups in total. The third-order valence-electron chi connectivity index (χ3n) is 4.76. The van der Waals surface area contributed by atoms with Gasteiger partial charge in [0, 0.05) is 11.1 Å². The Balaban J connectivity index is 1.54. The quantitative estimate of drug-likeness (QED) is 0.377. The Morgan fingerprint density at radius 3 is 2.42 bits per heavy atom. The van der Waals surface area contributed by atoms with Crippen LogP contribution in [0.1, 0.15) is 11.1 Å². The number of aromatic amines is 1. The highest BCUT2D eigenvalue weighted by Crippen LogP contribution is 2.28. The van der Waals surface area contributed by atoms with E-state index in [2.05, 4.69) is 15.6 Å². The lowest BCUT2D eigenvalue weighted by Crippen LogP contribution is -2.16. The number of rotatable bonds is 8. The van der Waals surface area contributed by atoms with Gasteiger partial charge in [0.2, 0.25) is 4.77 Å². The van der Waals surface area contributed by atoms with Crippen LogP contribution < -0.4 is 14.9 Å². The van der Waals surface area contributed by atoms with Gasteiger partial charge in [-0.15, -0.1) is 0 Å². The highest BCUT2D eigenvalue weighted by Gasteiger charge is 2.14. The molecule has 1 heterocycles. The van der Waals surface area contributed by atoms with E-state index in [1.165, 1.54) is 6.07 Å². The first kappa shape index (κ1) is 20.6. The zero-order valence-electron chi connectivity index (χ0n) is 16.8. The van der Waals surface area contributed by atoms with Crippen LogP contribution in [0.2, 0.25) is 0 Å². The van der Waals surface area contributed by atoms with Gasteiger partial charge >= 0.3 is 0 Å². The first-order chi connectivity index (χ1) is 15.2. The molecule has 0 bridgehead atoms. The summed E-state index contributed by atoms with van der Waals surface area (Å²) >= 11 is 5.40. The molecule has 0 atom stereocenters. The summed E-state index contributed by atoms with van der Waals surface area (Å²) in [5, 5.41) is 7.16. The van der Waals surface area contributed by atoms with Gasteiger partial charge in [-0.2, -0.15) is 5.10 Å². The molecule has 0 aliphatic rings. The topological polar surface area (TPSA) is 64.1 Å². The van der Waals surface area contributed by atoms with Crippen LogP contribution in [-0.2, 0) is 13.2 Å². The molecule has 0 aliphatic heterocycles. The Morgan fingerprint density at radius 2 is 1.65 bits per heavy atom. The highest BCUT2D eigenvalue weighted by molar-refractivity contribution is 7.71. The molecule has 0 spiro atoms. The van der Waals surface area contributed by atoms with Crippen molar-refractivity contribution in [1.82, 2.24) is 14.9 Å². The van der Waals surface area contributed by atoms with Crippen molar-refractivity contribution in [2.45, 2.75) is 13.2 Å². The Morgan fingerprint density at radius 1 is 0.968 bits per heavy atom. The van der Waals surface area contributed by atoms with Crippen molar-refractivity contribution < 1.29 is 13.9 Å². The fraction of sp³-hybridized carbons (Fsp3) is 0.130. The highest BCUT2D eigenvalue weighted by atomic mass is 32.1. The molecule has 0 fully saturated rings. The van der Waals surface area contributed by atoms with Gasteiger partial charge in [0.05, 0.1) is 19.2 Å². The number of H-pyrrole nitrogens is 1. The van der Waals surface area contributed by atoms with Crippen molar-refractivity contribution in [3.8, 4) is 22.9 Å². The SMILES string of the molecule is COc1ccccc1-c1n[nH]c(=S)n1NCc1ccccc1OCc1ccccc1F. The maximum atomic E-state index is 13.9. The zero-order valence-corrected chi connectivity index (χ0v) is 17.7. The van der Waals surface area contributed by atoms with Crippen LogP contribution in [0.25, 0.3) is 11.4 Å². The molecule has 31 heavy (non-hydrogen) atoms. The fourth-order valence-electron chi connectivity index (χ4n) is 3.18. The average molecular weight is 437 g/mol. The second kappa shape index (κ2) is 9.44. The van der Waals surface area contributed by atoms with Gasteiger partial charge in [0.15, 0.2) is 5.82 Å². The summed E-state index contributed by atoms with van der Waals surface area (Å²) in [6, 6.07) is 21.7. The van der Waals surface area contributed by atoms with Crippen LogP contribution in [-0.4, -0.2) is 22.0 Å². The van der Waals surface area contributed by atoms with E-state index in [0.29, 0.717) is 34.2 Å². The van der Waals surface area contributed by atoms with Crippen LogP contribution >= 0.6 is 12.2 Å². The lowest BCUT2D eigenvalue weighted by Gasteiger charge is -2.15. The van der Waals surface area contributed by atoms with Gasteiger partial charge in [0.25, 0.3) is 0 Å². The minimum atomic E-state index is -0.288. The van der Waals surface area contributed by atoms with Crippen molar-refractivity contribution in [2.75, 3.05) is 12.5 Å². The smallest absolute Gasteiger partial charge is 0.214 e. The number of para-hydroxylation sites is 2. The summed E-state index contributed by atoms with van der Waals surface area (Å²) in [4.78, 5) is 0. The van der Waals surface area contributed by atoms with Crippen molar-refractivity contribution in [3.63, 3.8) is 0 Å². The first-order valence-electron chi connectivity index (χ1n) is 9.66. The van der Waals surface area contributed by atoms with Gasteiger partial charge in [-0.3, -0.25) is 0 Å². The molecule has 6 nitrogen and oxygen atoms in total. The number of halogens is 1. The molecule has 0 saturated heterocycles.